The van der Waals surface area contributed by atoms with E-state index < -0.39 is 34.6 Å². The molecule has 2 amide bonds. The highest BCUT2D eigenvalue weighted by Crippen LogP contribution is 2.35. The lowest BCUT2D eigenvalue weighted by Crippen LogP contribution is -2.27. The van der Waals surface area contributed by atoms with Gasteiger partial charge < -0.3 is 16.4 Å². The molecule has 0 aliphatic carbocycles. The van der Waals surface area contributed by atoms with Gasteiger partial charge in [-0.25, -0.2) is 24.9 Å². The molecule has 0 saturated heterocycles. The van der Waals surface area contributed by atoms with E-state index in [2.05, 4.69) is 35.6 Å². The summed E-state index contributed by atoms with van der Waals surface area (Å²) in [6, 6.07) is 4.83. The summed E-state index contributed by atoms with van der Waals surface area (Å²) >= 11 is 6.50. The van der Waals surface area contributed by atoms with Gasteiger partial charge in [0.15, 0.2) is 0 Å². The number of amides is 2. The van der Waals surface area contributed by atoms with Crippen molar-refractivity contribution >= 4 is 46.4 Å². The summed E-state index contributed by atoms with van der Waals surface area (Å²) in [5.41, 5.74) is 5.68. The Hall–Kier alpha value is -4.17. The number of aromatic nitrogens is 5. The van der Waals surface area contributed by atoms with E-state index in [1.807, 2.05) is 0 Å². The van der Waals surface area contributed by atoms with E-state index in [9.17, 15) is 22.8 Å². The molecular formula is C22H16ClF3N8O2S. The molecule has 0 radical (unpaired) electrons. The van der Waals surface area contributed by atoms with Crippen molar-refractivity contribution in [2.75, 3.05) is 11.1 Å². The number of nitrogen functional groups attached to an aromatic ring is 1. The quantitative estimate of drug-likeness (QED) is 0.321. The third-order valence-corrected chi connectivity index (χ3v) is 6.33. The number of nitrogens with zero attached hydrogens (tertiary/aromatic N) is 5. The number of rotatable bonds is 6. The van der Waals surface area contributed by atoms with Crippen LogP contribution in [0.2, 0.25) is 5.02 Å². The molecular weight excluding hydrogens is 533 g/mol. The zero-order chi connectivity index (χ0) is 26.7. The third-order valence-electron chi connectivity index (χ3n) is 4.85. The van der Waals surface area contributed by atoms with Crippen LogP contribution in [-0.4, -0.2) is 36.7 Å². The van der Waals surface area contributed by atoms with Gasteiger partial charge in [-0.05, 0) is 31.2 Å². The summed E-state index contributed by atoms with van der Waals surface area (Å²) in [6.07, 6.45) is 0.106. The number of hydrogen-bond acceptors (Lipinski definition) is 9. The summed E-state index contributed by atoms with van der Waals surface area (Å²) in [6.45, 7) is 1.65. The minimum Gasteiger partial charge on any atom is -0.384 e. The second kappa shape index (κ2) is 10.4. The number of carbonyl (C=O) groups excluding carboxylic acids is 2. The van der Waals surface area contributed by atoms with Crippen LogP contribution in [0, 0.1) is 0 Å². The molecule has 15 heteroatoms. The first kappa shape index (κ1) is 25.9. The fourth-order valence-corrected chi connectivity index (χ4v) is 4.05. The van der Waals surface area contributed by atoms with Crippen LogP contribution in [0.15, 0.2) is 49.2 Å². The molecule has 0 bridgehead atoms. The van der Waals surface area contributed by atoms with Crippen molar-refractivity contribution in [3.63, 3.8) is 0 Å². The molecule has 37 heavy (non-hydrogen) atoms. The van der Waals surface area contributed by atoms with Gasteiger partial charge in [-0.2, -0.15) is 13.2 Å². The molecule has 4 rings (SSSR count). The molecule has 0 aliphatic heterocycles. The molecule has 4 aromatic heterocycles. The standard InChI is InChI=1S/C22H16ClF3N8O2S/c1-10(33-19(35)15-5-14(31-9-32-15)11-2-3-17(27)28-6-11)21-30-8-16(37-21)20(36)34-18-4-12(22(24,25)26)13(23)7-29-18/h2-10H,1H3,(H2,27,28)(H,33,35)(H,29,34,36). The monoisotopic (exact) mass is 548 g/mol. The lowest BCUT2D eigenvalue weighted by atomic mass is 10.2. The van der Waals surface area contributed by atoms with Gasteiger partial charge >= 0.3 is 6.18 Å². The zero-order valence-electron chi connectivity index (χ0n) is 18.7. The van der Waals surface area contributed by atoms with E-state index >= 15 is 0 Å². The van der Waals surface area contributed by atoms with Crippen LogP contribution in [-0.2, 0) is 6.18 Å². The first-order valence-corrected chi connectivity index (χ1v) is 11.6. The summed E-state index contributed by atoms with van der Waals surface area (Å²) in [4.78, 5) is 45.3. The highest BCUT2D eigenvalue weighted by atomic mass is 35.5. The lowest BCUT2D eigenvalue weighted by Gasteiger charge is -2.11. The number of anilines is 2. The maximum atomic E-state index is 13.0. The molecule has 0 spiro atoms. The highest BCUT2D eigenvalue weighted by Gasteiger charge is 2.34. The molecule has 0 aromatic carbocycles. The van der Waals surface area contributed by atoms with E-state index in [0.717, 1.165) is 17.5 Å². The zero-order valence-corrected chi connectivity index (χ0v) is 20.3. The number of pyridine rings is 2. The molecule has 0 aliphatic rings. The predicted molar refractivity (Wildman–Crippen MR) is 130 cm³/mol. The molecule has 4 N–H and O–H groups in total. The molecule has 10 nitrogen and oxygen atoms in total. The smallest absolute Gasteiger partial charge is 0.384 e. The van der Waals surface area contributed by atoms with Gasteiger partial charge in [0.2, 0.25) is 0 Å². The van der Waals surface area contributed by atoms with Crippen LogP contribution in [0.1, 0.15) is 43.7 Å². The second-order valence-corrected chi connectivity index (χ2v) is 8.99. The average molecular weight is 549 g/mol. The van der Waals surface area contributed by atoms with Crippen molar-refractivity contribution in [3.05, 3.63) is 75.3 Å². The molecule has 4 heterocycles. The number of hydrogen-bond donors (Lipinski definition) is 3. The Labute approximate surface area is 216 Å². The van der Waals surface area contributed by atoms with Crippen molar-refractivity contribution in [2.45, 2.75) is 19.1 Å². The summed E-state index contributed by atoms with van der Waals surface area (Å²) < 4.78 is 39.1. The molecule has 190 valence electrons. The van der Waals surface area contributed by atoms with Crippen LogP contribution < -0.4 is 16.4 Å². The summed E-state index contributed by atoms with van der Waals surface area (Å²) in [5.74, 6) is -1.21. The molecule has 1 atom stereocenters. The van der Waals surface area contributed by atoms with Crippen molar-refractivity contribution in [2.24, 2.45) is 0 Å². The maximum Gasteiger partial charge on any atom is 0.418 e. The van der Waals surface area contributed by atoms with Crippen LogP contribution in [0.4, 0.5) is 24.8 Å². The first-order valence-electron chi connectivity index (χ1n) is 10.4. The first-order chi connectivity index (χ1) is 17.5. The topological polar surface area (TPSA) is 149 Å². The predicted octanol–water partition coefficient (Wildman–Crippen LogP) is 4.39. The number of nitrogens with one attached hydrogen (secondary N) is 2. The molecule has 0 fully saturated rings. The fraction of sp³-hybridized carbons (Fsp3) is 0.136. The van der Waals surface area contributed by atoms with Crippen molar-refractivity contribution in [3.8, 4) is 11.3 Å². The van der Waals surface area contributed by atoms with E-state index in [1.54, 1.807) is 19.1 Å². The van der Waals surface area contributed by atoms with Crippen LogP contribution in [0.5, 0.6) is 0 Å². The SMILES string of the molecule is CC(NC(=O)c1cc(-c2ccc(N)nc2)ncn1)c1ncc(C(=O)Nc2cc(C(F)(F)F)c(Cl)cn2)s1. The largest absolute Gasteiger partial charge is 0.418 e. The van der Waals surface area contributed by atoms with Crippen LogP contribution in [0.25, 0.3) is 11.3 Å². The molecule has 0 saturated carbocycles. The van der Waals surface area contributed by atoms with Crippen molar-refractivity contribution in [1.82, 2.24) is 30.2 Å². The summed E-state index contributed by atoms with van der Waals surface area (Å²) in [5, 5.41) is 4.82. The Morgan fingerprint density at radius 1 is 1.03 bits per heavy atom. The Kier molecular flexibility index (Phi) is 7.31. The number of carbonyl (C=O) groups is 2. The van der Waals surface area contributed by atoms with Gasteiger partial charge in [0.25, 0.3) is 11.8 Å². The molecule has 4 aromatic rings. The number of alkyl halides is 3. The Morgan fingerprint density at radius 2 is 1.81 bits per heavy atom. The maximum absolute atomic E-state index is 13.0. The van der Waals surface area contributed by atoms with E-state index in [1.165, 1.54) is 24.8 Å². The normalized spacial score (nSPS) is 12.1. The average Bonchev–Trinajstić information content (AvgIpc) is 3.36. The minimum absolute atomic E-state index is 0.0949. The minimum atomic E-state index is -4.71. The number of thiazole rings is 1. The van der Waals surface area contributed by atoms with E-state index in [-0.39, 0.29) is 16.4 Å². The van der Waals surface area contributed by atoms with Gasteiger partial charge in [0.1, 0.15) is 33.5 Å². The number of nitrogens with two attached hydrogens (primary N) is 1. The van der Waals surface area contributed by atoms with Crippen molar-refractivity contribution in [1.29, 1.82) is 0 Å². The van der Waals surface area contributed by atoms with Crippen LogP contribution in [0.3, 0.4) is 0 Å². The summed E-state index contributed by atoms with van der Waals surface area (Å²) in [7, 11) is 0. The highest BCUT2D eigenvalue weighted by molar-refractivity contribution is 7.13. The van der Waals surface area contributed by atoms with Gasteiger partial charge in [-0.15, -0.1) is 11.3 Å². The Bertz CT molecular complexity index is 1460. The van der Waals surface area contributed by atoms with E-state index in [0.29, 0.717) is 28.1 Å². The van der Waals surface area contributed by atoms with Crippen molar-refractivity contribution < 1.29 is 22.8 Å². The molecule has 1 unspecified atom stereocenters. The van der Waals surface area contributed by atoms with Gasteiger partial charge in [0.05, 0.1) is 28.5 Å². The second-order valence-electron chi connectivity index (χ2n) is 7.52. The fourth-order valence-electron chi connectivity index (χ4n) is 3.02. The third kappa shape index (κ3) is 6.16. The van der Waals surface area contributed by atoms with Crippen LogP contribution >= 0.6 is 22.9 Å². The lowest BCUT2D eigenvalue weighted by molar-refractivity contribution is -0.137. The van der Waals surface area contributed by atoms with Gasteiger partial charge in [-0.1, -0.05) is 11.6 Å². The Balaban J connectivity index is 1.43. The number of halogens is 4. The van der Waals surface area contributed by atoms with E-state index in [4.69, 9.17) is 17.3 Å². The van der Waals surface area contributed by atoms with Gasteiger partial charge in [0, 0.05) is 18.0 Å². The van der Waals surface area contributed by atoms with Gasteiger partial charge in [-0.3, -0.25) is 9.59 Å². The Morgan fingerprint density at radius 3 is 2.51 bits per heavy atom.